The summed E-state index contributed by atoms with van der Waals surface area (Å²) >= 11 is 6.10. The molecule has 2 aliphatic heterocycles. The van der Waals surface area contributed by atoms with Crippen LogP contribution in [0.1, 0.15) is 23.6 Å². The number of halogens is 1. The van der Waals surface area contributed by atoms with Crippen LogP contribution >= 0.6 is 11.6 Å². The first-order chi connectivity index (χ1) is 13.2. The van der Waals surface area contributed by atoms with Crippen LogP contribution < -0.4 is 0 Å². The molecule has 2 saturated heterocycles. The van der Waals surface area contributed by atoms with Crippen LogP contribution in [0.5, 0.6) is 0 Å². The minimum absolute atomic E-state index is 0.0504. The van der Waals surface area contributed by atoms with Gasteiger partial charge in [0.05, 0.1) is 19.1 Å². The summed E-state index contributed by atoms with van der Waals surface area (Å²) < 4.78 is 5.10. The highest BCUT2D eigenvalue weighted by atomic mass is 35.5. The van der Waals surface area contributed by atoms with E-state index in [1.165, 1.54) is 11.1 Å². The molecule has 0 N–H and O–H groups in total. The Labute approximate surface area is 165 Å². The van der Waals surface area contributed by atoms with E-state index in [-0.39, 0.29) is 12.0 Å². The molecule has 0 radical (unpaired) electrons. The molecule has 0 spiro atoms. The number of carbonyl (C=O) groups is 1. The minimum Gasteiger partial charge on any atom is -0.465 e. The molecule has 2 aliphatic rings. The molecule has 27 heavy (non-hydrogen) atoms. The summed E-state index contributed by atoms with van der Waals surface area (Å²) in [6.45, 7) is 5.57. The van der Waals surface area contributed by atoms with Gasteiger partial charge in [-0.05, 0) is 23.3 Å². The van der Waals surface area contributed by atoms with E-state index in [0.29, 0.717) is 18.9 Å². The van der Waals surface area contributed by atoms with Gasteiger partial charge < -0.3 is 9.64 Å². The molecule has 0 aromatic heterocycles. The Balaban J connectivity index is 1.45. The Hall–Kier alpha value is -1.88. The molecule has 2 aromatic rings. The third-order valence-electron chi connectivity index (χ3n) is 5.52. The minimum atomic E-state index is -0.0504. The molecule has 0 amide bonds. The quantitative estimate of drug-likeness (QED) is 0.737. The van der Waals surface area contributed by atoms with Gasteiger partial charge in [0.1, 0.15) is 0 Å². The molecule has 2 aromatic carbocycles. The second kappa shape index (κ2) is 8.42. The maximum atomic E-state index is 11.3. The Kier molecular flexibility index (Phi) is 5.77. The highest BCUT2D eigenvalue weighted by Crippen LogP contribution is 2.30. The number of esters is 1. The van der Waals surface area contributed by atoms with Gasteiger partial charge in [0.2, 0.25) is 0 Å². The maximum Gasteiger partial charge on any atom is 0.306 e. The van der Waals surface area contributed by atoms with Gasteiger partial charge in [-0.15, -0.1) is 0 Å². The highest BCUT2D eigenvalue weighted by molar-refractivity contribution is 6.30. The van der Waals surface area contributed by atoms with Crippen LogP contribution in [-0.2, 0) is 9.53 Å². The van der Waals surface area contributed by atoms with Gasteiger partial charge in [-0.25, -0.2) is 0 Å². The lowest BCUT2D eigenvalue weighted by Crippen LogP contribution is -2.49. The van der Waals surface area contributed by atoms with Crippen molar-refractivity contribution in [2.75, 3.05) is 39.3 Å². The van der Waals surface area contributed by atoms with Crippen LogP contribution in [0.3, 0.4) is 0 Å². The van der Waals surface area contributed by atoms with E-state index in [1.807, 2.05) is 12.1 Å². The number of nitrogens with zero attached hydrogens (tertiary/aromatic N) is 2. The molecular formula is C22H25ClN2O2. The first-order valence-electron chi connectivity index (χ1n) is 9.61. The number of carbonyl (C=O) groups excluding carboxylic acids is 1. The van der Waals surface area contributed by atoms with Crippen LogP contribution in [0.25, 0.3) is 0 Å². The number of benzene rings is 2. The van der Waals surface area contributed by atoms with Crippen molar-refractivity contribution in [3.63, 3.8) is 0 Å². The van der Waals surface area contributed by atoms with Crippen LogP contribution in [-0.4, -0.2) is 55.1 Å². The van der Waals surface area contributed by atoms with Gasteiger partial charge >= 0.3 is 5.97 Å². The number of rotatable bonds is 5. The van der Waals surface area contributed by atoms with Crippen molar-refractivity contribution in [2.24, 2.45) is 5.92 Å². The summed E-state index contributed by atoms with van der Waals surface area (Å²) in [4.78, 5) is 16.3. The molecule has 5 heteroatoms. The zero-order valence-corrected chi connectivity index (χ0v) is 16.1. The highest BCUT2D eigenvalue weighted by Gasteiger charge is 2.30. The number of hydrogen-bond acceptors (Lipinski definition) is 4. The summed E-state index contributed by atoms with van der Waals surface area (Å²) in [5.74, 6) is 0.302. The fraction of sp³-hybridized carbons (Fsp3) is 0.409. The van der Waals surface area contributed by atoms with E-state index >= 15 is 0 Å². The summed E-state index contributed by atoms with van der Waals surface area (Å²) in [7, 11) is 0. The van der Waals surface area contributed by atoms with E-state index in [9.17, 15) is 4.79 Å². The molecule has 0 bridgehead atoms. The van der Waals surface area contributed by atoms with Crippen molar-refractivity contribution in [3.05, 3.63) is 70.7 Å². The van der Waals surface area contributed by atoms with Crippen molar-refractivity contribution in [1.29, 1.82) is 0 Å². The second-order valence-electron chi connectivity index (χ2n) is 7.45. The average Bonchev–Trinajstić information content (AvgIpc) is 3.10. The third-order valence-corrected chi connectivity index (χ3v) is 5.78. The Morgan fingerprint density at radius 3 is 2.26 bits per heavy atom. The normalized spacial score (nSPS) is 22.6. The molecule has 2 fully saturated rings. The van der Waals surface area contributed by atoms with Gasteiger partial charge in [-0.2, -0.15) is 0 Å². The Bertz CT molecular complexity index is 758. The predicted molar refractivity (Wildman–Crippen MR) is 107 cm³/mol. The fourth-order valence-electron chi connectivity index (χ4n) is 4.15. The van der Waals surface area contributed by atoms with Crippen molar-refractivity contribution >= 4 is 17.6 Å². The van der Waals surface area contributed by atoms with Crippen molar-refractivity contribution in [2.45, 2.75) is 12.5 Å². The lowest BCUT2D eigenvalue weighted by molar-refractivity contribution is -0.137. The first-order valence-corrected chi connectivity index (χ1v) is 9.99. The van der Waals surface area contributed by atoms with E-state index in [0.717, 1.165) is 37.7 Å². The maximum absolute atomic E-state index is 11.3. The predicted octanol–water partition coefficient (Wildman–Crippen LogP) is 3.61. The molecule has 4 rings (SSSR count). The van der Waals surface area contributed by atoms with Crippen molar-refractivity contribution < 1.29 is 9.53 Å². The smallest absolute Gasteiger partial charge is 0.306 e. The van der Waals surface area contributed by atoms with Crippen molar-refractivity contribution in [3.8, 4) is 0 Å². The van der Waals surface area contributed by atoms with E-state index < -0.39 is 0 Å². The second-order valence-corrected chi connectivity index (χ2v) is 7.89. The van der Waals surface area contributed by atoms with Crippen LogP contribution in [0.4, 0.5) is 0 Å². The zero-order valence-electron chi connectivity index (χ0n) is 15.4. The monoisotopic (exact) mass is 384 g/mol. The Morgan fingerprint density at radius 1 is 0.963 bits per heavy atom. The molecule has 2 atom stereocenters. The lowest BCUT2D eigenvalue weighted by Gasteiger charge is -2.40. The largest absolute Gasteiger partial charge is 0.465 e. The van der Waals surface area contributed by atoms with Gasteiger partial charge in [-0.1, -0.05) is 54.1 Å². The Morgan fingerprint density at radius 2 is 1.63 bits per heavy atom. The first kappa shape index (κ1) is 18.5. The van der Waals surface area contributed by atoms with Gasteiger partial charge in [0, 0.05) is 43.7 Å². The van der Waals surface area contributed by atoms with Crippen LogP contribution in [0.2, 0.25) is 5.02 Å². The molecule has 4 nitrogen and oxygen atoms in total. The molecule has 142 valence electrons. The number of hydrogen-bond donors (Lipinski definition) is 0. The molecule has 2 heterocycles. The average molecular weight is 385 g/mol. The summed E-state index contributed by atoms with van der Waals surface area (Å²) in [5, 5.41) is 0.767. The SMILES string of the molecule is O=C1CC(CN2CCN(C(c3ccccc3)c3ccc(Cl)cc3)CC2)CO1. The summed E-state index contributed by atoms with van der Waals surface area (Å²) in [6.07, 6.45) is 0.567. The molecule has 0 aliphatic carbocycles. The fourth-order valence-corrected chi connectivity index (χ4v) is 4.27. The van der Waals surface area contributed by atoms with E-state index in [4.69, 9.17) is 16.3 Å². The third kappa shape index (κ3) is 4.52. The van der Waals surface area contributed by atoms with Gasteiger partial charge in [-0.3, -0.25) is 9.69 Å². The summed E-state index contributed by atoms with van der Waals surface area (Å²) in [5.41, 5.74) is 2.58. The van der Waals surface area contributed by atoms with Crippen LogP contribution in [0, 0.1) is 5.92 Å². The molecular weight excluding hydrogens is 360 g/mol. The summed E-state index contributed by atoms with van der Waals surface area (Å²) in [6, 6.07) is 19.1. The number of piperazine rings is 1. The lowest BCUT2D eigenvalue weighted by atomic mass is 9.96. The van der Waals surface area contributed by atoms with Gasteiger partial charge in [0.15, 0.2) is 0 Å². The van der Waals surface area contributed by atoms with E-state index in [2.05, 4.69) is 52.3 Å². The van der Waals surface area contributed by atoms with Crippen LogP contribution in [0.15, 0.2) is 54.6 Å². The van der Waals surface area contributed by atoms with E-state index in [1.54, 1.807) is 0 Å². The number of cyclic esters (lactones) is 1. The molecule has 0 saturated carbocycles. The van der Waals surface area contributed by atoms with Gasteiger partial charge in [0.25, 0.3) is 0 Å². The zero-order chi connectivity index (χ0) is 18.6. The van der Waals surface area contributed by atoms with Crippen molar-refractivity contribution in [1.82, 2.24) is 9.80 Å². The standard InChI is InChI=1S/C22H25ClN2O2/c23-20-8-6-19(7-9-20)22(18-4-2-1-3-5-18)25-12-10-24(11-13-25)15-17-14-21(26)27-16-17/h1-9,17,22H,10-16H2. The number of ether oxygens (including phenoxy) is 1. The topological polar surface area (TPSA) is 32.8 Å². The molecule has 2 unspecified atom stereocenters.